The fourth-order valence-electron chi connectivity index (χ4n) is 2.42. The van der Waals surface area contributed by atoms with Crippen molar-refractivity contribution in [1.82, 2.24) is 0 Å². The van der Waals surface area contributed by atoms with E-state index in [-0.39, 0.29) is 0 Å². The number of ether oxygens (including phenoxy) is 2. The van der Waals surface area contributed by atoms with Crippen LogP contribution in [0.2, 0.25) is 0 Å². The lowest BCUT2D eigenvalue weighted by Gasteiger charge is -2.21. The van der Waals surface area contributed by atoms with Gasteiger partial charge in [-0.15, -0.1) is 0 Å². The van der Waals surface area contributed by atoms with Crippen molar-refractivity contribution in [3.63, 3.8) is 0 Å². The molecule has 3 rings (SSSR count). The van der Waals surface area contributed by atoms with Gasteiger partial charge in [-0.3, -0.25) is 0 Å². The fraction of sp³-hybridized carbons (Fsp3) is 0.500. The van der Waals surface area contributed by atoms with Gasteiger partial charge >= 0.3 is 0 Å². The Labute approximate surface area is 89.2 Å². The van der Waals surface area contributed by atoms with Gasteiger partial charge in [0, 0.05) is 24.3 Å². The topological polar surface area (TPSA) is 44.5 Å². The molecule has 3 nitrogen and oxygen atoms in total. The Balaban J connectivity index is 2.08. The molecule has 1 heterocycles. The van der Waals surface area contributed by atoms with Crippen LogP contribution in [0.1, 0.15) is 23.5 Å². The molecule has 2 atom stereocenters. The zero-order chi connectivity index (χ0) is 10.4. The summed E-state index contributed by atoms with van der Waals surface area (Å²) in [7, 11) is 1.68. The van der Waals surface area contributed by atoms with Crippen molar-refractivity contribution in [3.8, 4) is 5.75 Å². The number of fused-ring (bicyclic) bond motifs is 3. The van der Waals surface area contributed by atoms with Gasteiger partial charge in [0.05, 0.1) is 13.2 Å². The van der Waals surface area contributed by atoms with Gasteiger partial charge in [0.15, 0.2) is 0 Å². The van der Waals surface area contributed by atoms with Crippen molar-refractivity contribution in [2.24, 2.45) is 5.92 Å². The second-order valence-corrected chi connectivity index (χ2v) is 4.40. The molecule has 0 radical (unpaired) electrons. The van der Waals surface area contributed by atoms with Crippen LogP contribution in [0.5, 0.6) is 5.75 Å². The molecular formula is C12H15NO2. The van der Waals surface area contributed by atoms with Crippen LogP contribution < -0.4 is 10.5 Å². The highest BCUT2D eigenvalue weighted by Crippen LogP contribution is 2.55. The molecule has 0 amide bonds. The molecule has 2 unspecified atom stereocenters. The first-order valence-electron chi connectivity index (χ1n) is 5.34. The molecule has 80 valence electrons. The molecule has 1 aliphatic heterocycles. The predicted octanol–water partition coefficient (Wildman–Crippen LogP) is 1.91. The Kier molecular flexibility index (Phi) is 1.89. The molecular weight excluding hydrogens is 190 g/mol. The maximum absolute atomic E-state index is 5.93. The average Bonchev–Trinajstić information content (AvgIpc) is 3.01. The van der Waals surface area contributed by atoms with Gasteiger partial charge in [0.1, 0.15) is 5.75 Å². The second kappa shape index (κ2) is 3.14. The maximum atomic E-state index is 5.93. The van der Waals surface area contributed by atoms with Crippen molar-refractivity contribution in [2.75, 3.05) is 19.5 Å². The highest BCUT2D eigenvalue weighted by Gasteiger charge is 2.44. The minimum Gasteiger partial charge on any atom is -0.493 e. The summed E-state index contributed by atoms with van der Waals surface area (Å²) in [6, 6.07) is 4.07. The summed E-state index contributed by atoms with van der Waals surface area (Å²) in [5, 5.41) is 0. The number of methoxy groups -OCH3 is 1. The van der Waals surface area contributed by atoms with Crippen LogP contribution in [0, 0.1) is 5.92 Å². The minimum absolute atomic E-state index is 0.534. The molecule has 1 fully saturated rings. The summed E-state index contributed by atoms with van der Waals surface area (Å²) in [4.78, 5) is 0. The Morgan fingerprint density at radius 2 is 2.40 bits per heavy atom. The van der Waals surface area contributed by atoms with Gasteiger partial charge in [-0.2, -0.15) is 0 Å². The monoisotopic (exact) mass is 205 g/mol. The van der Waals surface area contributed by atoms with E-state index < -0.39 is 0 Å². The summed E-state index contributed by atoms with van der Waals surface area (Å²) in [6.07, 6.45) is 1.27. The number of rotatable bonds is 2. The molecule has 2 aliphatic rings. The molecule has 0 bridgehead atoms. The van der Waals surface area contributed by atoms with Crippen molar-refractivity contribution < 1.29 is 9.47 Å². The number of nitrogens with two attached hydrogens (primary N) is 1. The second-order valence-electron chi connectivity index (χ2n) is 4.40. The zero-order valence-electron chi connectivity index (χ0n) is 8.82. The van der Waals surface area contributed by atoms with Crippen LogP contribution in [-0.2, 0) is 11.3 Å². The Morgan fingerprint density at radius 1 is 1.53 bits per heavy atom. The van der Waals surface area contributed by atoms with Crippen LogP contribution in [0.25, 0.3) is 0 Å². The van der Waals surface area contributed by atoms with Crippen LogP contribution in [0.15, 0.2) is 12.1 Å². The number of hydrogen-bond acceptors (Lipinski definition) is 3. The Hall–Kier alpha value is -1.22. The van der Waals surface area contributed by atoms with E-state index in [2.05, 4.69) is 6.07 Å². The normalized spacial score (nSPS) is 26.5. The molecule has 1 aromatic rings. The van der Waals surface area contributed by atoms with Gasteiger partial charge < -0.3 is 15.2 Å². The first-order valence-corrected chi connectivity index (χ1v) is 5.34. The van der Waals surface area contributed by atoms with Gasteiger partial charge in [-0.1, -0.05) is 6.07 Å². The molecule has 0 aromatic heterocycles. The zero-order valence-corrected chi connectivity index (χ0v) is 8.82. The van der Waals surface area contributed by atoms with E-state index in [4.69, 9.17) is 15.2 Å². The third kappa shape index (κ3) is 1.30. The summed E-state index contributed by atoms with van der Waals surface area (Å²) in [5.41, 5.74) is 9.04. The molecule has 2 N–H and O–H groups in total. The Morgan fingerprint density at radius 3 is 3.20 bits per heavy atom. The van der Waals surface area contributed by atoms with E-state index >= 15 is 0 Å². The van der Waals surface area contributed by atoms with E-state index in [0.29, 0.717) is 12.5 Å². The highest BCUT2D eigenvalue weighted by molar-refractivity contribution is 5.60. The van der Waals surface area contributed by atoms with Crippen LogP contribution >= 0.6 is 0 Å². The largest absolute Gasteiger partial charge is 0.493 e. The summed E-state index contributed by atoms with van der Waals surface area (Å²) in [5.74, 6) is 2.44. The molecule has 0 spiro atoms. The standard InChI is InChI=1S/C12H15NO2/c1-14-6-10-11(13)3-2-8-9-4-7(9)5-15-12(8)10/h2-3,7,9H,4-6,13H2,1H3. The maximum Gasteiger partial charge on any atom is 0.130 e. The van der Waals surface area contributed by atoms with Gasteiger partial charge in [-0.25, -0.2) is 0 Å². The van der Waals surface area contributed by atoms with E-state index in [1.807, 2.05) is 6.07 Å². The number of hydrogen-bond donors (Lipinski definition) is 1. The van der Waals surface area contributed by atoms with Crippen molar-refractivity contribution in [3.05, 3.63) is 23.3 Å². The lowest BCUT2D eigenvalue weighted by atomic mass is 10.0. The quantitative estimate of drug-likeness (QED) is 0.750. The third-order valence-corrected chi connectivity index (χ3v) is 3.38. The van der Waals surface area contributed by atoms with Crippen LogP contribution in [-0.4, -0.2) is 13.7 Å². The van der Waals surface area contributed by atoms with Gasteiger partial charge in [-0.05, 0) is 24.0 Å². The lowest BCUT2D eigenvalue weighted by molar-refractivity contribution is 0.178. The summed E-state index contributed by atoms with van der Waals surface area (Å²) in [6.45, 7) is 1.38. The first-order chi connectivity index (χ1) is 7.31. The van der Waals surface area contributed by atoms with Crippen LogP contribution in [0.3, 0.4) is 0 Å². The summed E-state index contributed by atoms with van der Waals surface area (Å²) < 4.78 is 10.9. The van der Waals surface area contributed by atoms with Crippen LogP contribution in [0.4, 0.5) is 5.69 Å². The summed E-state index contributed by atoms with van der Waals surface area (Å²) >= 11 is 0. The first kappa shape index (κ1) is 9.04. The Bertz CT molecular complexity index is 403. The molecule has 1 aromatic carbocycles. The van der Waals surface area contributed by atoms with E-state index in [9.17, 15) is 0 Å². The predicted molar refractivity (Wildman–Crippen MR) is 57.9 cm³/mol. The number of benzene rings is 1. The smallest absolute Gasteiger partial charge is 0.130 e. The van der Waals surface area contributed by atoms with Gasteiger partial charge in [0.2, 0.25) is 0 Å². The fourth-order valence-corrected chi connectivity index (χ4v) is 2.42. The molecule has 1 saturated carbocycles. The van der Waals surface area contributed by atoms with Gasteiger partial charge in [0.25, 0.3) is 0 Å². The average molecular weight is 205 g/mol. The SMILES string of the molecule is COCc1c(N)ccc2c1OCC1CC21. The molecule has 1 aliphatic carbocycles. The van der Waals surface area contributed by atoms with Crippen molar-refractivity contribution in [1.29, 1.82) is 0 Å². The van der Waals surface area contributed by atoms with Crippen molar-refractivity contribution in [2.45, 2.75) is 18.9 Å². The molecule has 0 saturated heterocycles. The van der Waals surface area contributed by atoms with E-state index in [1.165, 1.54) is 12.0 Å². The number of anilines is 1. The van der Waals surface area contributed by atoms with E-state index in [1.54, 1.807) is 7.11 Å². The van der Waals surface area contributed by atoms with E-state index in [0.717, 1.165) is 29.5 Å². The molecule has 3 heteroatoms. The lowest BCUT2D eigenvalue weighted by Crippen LogP contribution is -2.12. The minimum atomic E-state index is 0.534. The van der Waals surface area contributed by atoms with Crippen molar-refractivity contribution >= 4 is 5.69 Å². The number of nitrogen functional groups attached to an aromatic ring is 1. The highest BCUT2D eigenvalue weighted by atomic mass is 16.5. The molecule has 15 heavy (non-hydrogen) atoms. The third-order valence-electron chi connectivity index (χ3n) is 3.38.